The zero-order valence-corrected chi connectivity index (χ0v) is 16.7. The molecule has 3 N–H and O–H groups in total. The molecule has 0 saturated carbocycles. The highest BCUT2D eigenvalue weighted by Crippen LogP contribution is 2.27. The standard InChI is InChI=1S/C21H20F3N5O2/c1-3-25-20-26-13(2)12-18(29-20)27-14-8-10-15(11-9-14)28-19(30)16-6-4-5-7-17(16)31-21(22,23)24/h4-12H,3H2,1-2H3,(H,28,30)(H2,25,26,27,29). The molecule has 0 saturated heterocycles. The summed E-state index contributed by atoms with van der Waals surface area (Å²) in [4.78, 5) is 21.1. The SMILES string of the molecule is CCNc1nc(C)cc(Nc2ccc(NC(=O)c3ccccc3OC(F)(F)F)cc2)n1. The third-order valence-electron chi connectivity index (χ3n) is 3.96. The molecule has 0 aliphatic rings. The first-order valence-electron chi connectivity index (χ1n) is 9.36. The van der Waals surface area contributed by atoms with Crippen LogP contribution in [0.2, 0.25) is 0 Å². The van der Waals surface area contributed by atoms with Gasteiger partial charge in [0.1, 0.15) is 11.6 Å². The molecule has 0 aliphatic carbocycles. The number of hydrogen-bond donors (Lipinski definition) is 3. The summed E-state index contributed by atoms with van der Waals surface area (Å²) >= 11 is 0. The number of aryl methyl sites for hydroxylation is 1. The number of halogens is 3. The number of nitrogens with one attached hydrogen (secondary N) is 3. The highest BCUT2D eigenvalue weighted by molar-refractivity contribution is 6.06. The second-order valence-electron chi connectivity index (χ2n) is 6.45. The smallest absolute Gasteiger partial charge is 0.405 e. The van der Waals surface area contributed by atoms with Crippen LogP contribution >= 0.6 is 0 Å². The number of benzene rings is 2. The van der Waals surface area contributed by atoms with Crippen molar-refractivity contribution in [2.75, 3.05) is 22.5 Å². The Morgan fingerprint density at radius 2 is 1.71 bits per heavy atom. The van der Waals surface area contributed by atoms with Crippen LogP contribution in [0.15, 0.2) is 54.6 Å². The lowest BCUT2D eigenvalue weighted by Gasteiger charge is -2.13. The van der Waals surface area contributed by atoms with Gasteiger partial charge in [-0.1, -0.05) is 12.1 Å². The van der Waals surface area contributed by atoms with Gasteiger partial charge in [0.2, 0.25) is 5.95 Å². The number of alkyl halides is 3. The lowest BCUT2D eigenvalue weighted by atomic mass is 10.2. The van der Waals surface area contributed by atoms with Gasteiger partial charge in [-0.15, -0.1) is 13.2 Å². The quantitative estimate of drug-likeness (QED) is 0.482. The average molecular weight is 431 g/mol. The van der Waals surface area contributed by atoms with Gasteiger partial charge in [0.25, 0.3) is 5.91 Å². The minimum absolute atomic E-state index is 0.227. The molecule has 0 bridgehead atoms. The first-order chi connectivity index (χ1) is 14.7. The van der Waals surface area contributed by atoms with Crippen LogP contribution < -0.4 is 20.7 Å². The number of hydrogen-bond acceptors (Lipinski definition) is 6. The number of nitrogens with zero attached hydrogens (tertiary/aromatic N) is 2. The van der Waals surface area contributed by atoms with E-state index in [0.717, 1.165) is 11.8 Å². The Bertz CT molecular complexity index is 1060. The molecular formula is C21H20F3N5O2. The summed E-state index contributed by atoms with van der Waals surface area (Å²) in [6, 6.07) is 13.6. The Balaban J connectivity index is 1.70. The fourth-order valence-corrected chi connectivity index (χ4v) is 2.72. The van der Waals surface area contributed by atoms with Gasteiger partial charge in [0.15, 0.2) is 0 Å². The Morgan fingerprint density at radius 3 is 2.39 bits per heavy atom. The van der Waals surface area contributed by atoms with Crippen molar-refractivity contribution in [2.24, 2.45) is 0 Å². The second kappa shape index (κ2) is 9.33. The van der Waals surface area contributed by atoms with E-state index in [0.29, 0.717) is 29.7 Å². The van der Waals surface area contributed by atoms with Crippen LogP contribution in [0.4, 0.5) is 36.3 Å². The molecule has 0 unspecified atom stereocenters. The average Bonchev–Trinajstić information content (AvgIpc) is 2.68. The number of aromatic nitrogens is 2. The van der Waals surface area contributed by atoms with Gasteiger partial charge in [0, 0.05) is 29.7 Å². The lowest BCUT2D eigenvalue weighted by molar-refractivity contribution is -0.274. The molecule has 0 fully saturated rings. The zero-order valence-electron chi connectivity index (χ0n) is 16.7. The predicted octanol–water partition coefficient (Wildman–Crippen LogP) is 5.11. The molecule has 31 heavy (non-hydrogen) atoms. The van der Waals surface area contributed by atoms with Crippen LogP contribution in [0, 0.1) is 6.92 Å². The topological polar surface area (TPSA) is 88.2 Å². The van der Waals surface area contributed by atoms with E-state index in [2.05, 4.69) is 30.7 Å². The van der Waals surface area contributed by atoms with Crippen molar-refractivity contribution in [1.82, 2.24) is 9.97 Å². The number of para-hydroxylation sites is 1. The van der Waals surface area contributed by atoms with E-state index in [4.69, 9.17) is 0 Å². The lowest BCUT2D eigenvalue weighted by Crippen LogP contribution is -2.20. The molecule has 3 aromatic rings. The number of carbonyl (C=O) groups excluding carboxylic acids is 1. The molecule has 0 radical (unpaired) electrons. The molecule has 162 valence electrons. The fourth-order valence-electron chi connectivity index (χ4n) is 2.72. The summed E-state index contributed by atoms with van der Waals surface area (Å²) in [6.45, 7) is 4.49. The van der Waals surface area contributed by atoms with Gasteiger partial charge >= 0.3 is 6.36 Å². The van der Waals surface area contributed by atoms with E-state index in [1.54, 1.807) is 30.3 Å². The van der Waals surface area contributed by atoms with Crippen LogP contribution in [0.1, 0.15) is 23.0 Å². The summed E-state index contributed by atoms with van der Waals surface area (Å²) in [6.07, 6.45) is -4.89. The van der Waals surface area contributed by atoms with E-state index in [1.807, 2.05) is 13.8 Å². The number of carbonyl (C=O) groups is 1. The maximum atomic E-state index is 12.6. The van der Waals surface area contributed by atoms with E-state index < -0.39 is 18.0 Å². The number of rotatable bonds is 7. The molecule has 2 aromatic carbocycles. The van der Waals surface area contributed by atoms with Crippen molar-refractivity contribution in [2.45, 2.75) is 20.2 Å². The highest BCUT2D eigenvalue weighted by Gasteiger charge is 2.32. The molecule has 0 spiro atoms. The first-order valence-corrected chi connectivity index (χ1v) is 9.36. The van der Waals surface area contributed by atoms with Crippen LogP contribution in [-0.4, -0.2) is 28.8 Å². The number of amides is 1. The summed E-state index contributed by atoms with van der Waals surface area (Å²) in [5.74, 6) is -0.184. The van der Waals surface area contributed by atoms with Crippen molar-refractivity contribution in [3.63, 3.8) is 0 Å². The Hall–Kier alpha value is -3.82. The van der Waals surface area contributed by atoms with E-state index in [-0.39, 0.29) is 5.56 Å². The predicted molar refractivity (Wildman–Crippen MR) is 112 cm³/mol. The van der Waals surface area contributed by atoms with Crippen LogP contribution in [0.3, 0.4) is 0 Å². The van der Waals surface area contributed by atoms with Gasteiger partial charge in [-0.2, -0.15) is 4.98 Å². The summed E-state index contributed by atoms with van der Waals surface area (Å²) in [5, 5.41) is 8.75. The Morgan fingerprint density at radius 1 is 1.03 bits per heavy atom. The molecule has 10 heteroatoms. The first kappa shape index (κ1) is 21.9. The van der Waals surface area contributed by atoms with E-state index >= 15 is 0 Å². The maximum absolute atomic E-state index is 12.6. The van der Waals surface area contributed by atoms with Crippen molar-refractivity contribution >= 4 is 29.0 Å². The molecule has 1 amide bonds. The van der Waals surface area contributed by atoms with Crippen molar-refractivity contribution in [1.29, 1.82) is 0 Å². The monoisotopic (exact) mass is 431 g/mol. The van der Waals surface area contributed by atoms with Gasteiger partial charge in [-0.05, 0) is 50.2 Å². The Labute approximate surface area is 176 Å². The molecule has 0 atom stereocenters. The van der Waals surface area contributed by atoms with Gasteiger partial charge < -0.3 is 20.7 Å². The van der Waals surface area contributed by atoms with Crippen LogP contribution in [0.25, 0.3) is 0 Å². The third-order valence-corrected chi connectivity index (χ3v) is 3.96. The van der Waals surface area contributed by atoms with Crippen molar-refractivity contribution in [3.05, 3.63) is 65.9 Å². The largest absolute Gasteiger partial charge is 0.573 e. The summed E-state index contributed by atoms with van der Waals surface area (Å²) < 4.78 is 41.6. The molecule has 1 heterocycles. The molecular weight excluding hydrogens is 411 g/mol. The molecule has 3 rings (SSSR count). The summed E-state index contributed by atoms with van der Waals surface area (Å²) in [5.41, 5.74) is 1.68. The van der Waals surface area contributed by atoms with Crippen molar-refractivity contribution < 1.29 is 22.7 Å². The number of ether oxygens (including phenoxy) is 1. The molecule has 7 nitrogen and oxygen atoms in total. The number of anilines is 4. The van der Waals surface area contributed by atoms with Crippen LogP contribution in [-0.2, 0) is 0 Å². The van der Waals surface area contributed by atoms with Gasteiger partial charge in [-0.3, -0.25) is 4.79 Å². The molecule has 1 aromatic heterocycles. The van der Waals surface area contributed by atoms with Gasteiger partial charge in [-0.25, -0.2) is 4.98 Å². The van der Waals surface area contributed by atoms with Gasteiger partial charge in [0.05, 0.1) is 5.56 Å². The Kier molecular flexibility index (Phi) is 6.58. The zero-order chi connectivity index (χ0) is 22.4. The minimum Gasteiger partial charge on any atom is -0.405 e. The minimum atomic E-state index is -4.89. The fraction of sp³-hybridized carbons (Fsp3) is 0.190. The second-order valence-corrected chi connectivity index (χ2v) is 6.45. The maximum Gasteiger partial charge on any atom is 0.573 e. The van der Waals surface area contributed by atoms with Crippen LogP contribution in [0.5, 0.6) is 5.75 Å². The van der Waals surface area contributed by atoms with Crippen molar-refractivity contribution in [3.8, 4) is 5.75 Å². The third kappa shape index (κ3) is 6.33. The normalized spacial score (nSPS) is 11.0. The highest BCUT2D eigenvalue weighted by atomic mass is 19.4. The molecule has 0 aliphatic heterocycles. The summed E-state index contributed by atoms with van der Waals surface area (Å²) in [7, 11) is 0. The van der Waals surface area contributed by atoms with E-state index in [1.165, 1.54) is 18.2 Å². The van der Waals surface area contributed by atoms with E-state index in [9.17, 15) is 18.0 Å².